The van der Waals surface area contributed by atoms with Crippen LogP contribution in [0.5, 0.6) is 0 Å². The third-order valence-electron chi connectivity index (χ3n) is 7.47. The fourth-order valence-corrected chi connectivity index (χ4v) is 5.20. The summed E-state index contributed by atoms with van der Waals surface area (Å²) in [6, 6.07) is 17.9. The van der Waals surface area contributed by atoms with Crippen LogP contribution in [0.3, 0.4) is 0 Å². The van der Waals surface area contributed by atoms with Crippen LogP contribution in [0.1, 0.15) is 126 Å². The molecular formula is C34H54O. The molecule has 0 saturated heterocycles. The Morgan fingerprint density at radius 3 is 1.09 bits per heavy atom. The van der Waals surface area contributed by atoms with Crippen molar-refractivity contribution in [3.8, 4) is 0 Å². The Morgan fingerprint density at radius 1 is 0.400 bits per heavy atom. The number of hydrogen-bond donors (Lipinski definition) is 0. The van der Waals surface area contributed by atoms with E-state index < -0.39 is 0 Å². The lowest BCUT2D eigenvalue weighted by molar-refractivity contribution is 0.125. The van der Waals surface area contributed by atoms with Crippen LogP contribution in [0.25, 0.3) is 0 Å². The van der Waals surface area contributed by atoms with E-state index in [9.17, 15) is 0 Å². The van der Waals surface area contributed by atoms with E-state index in [2.05, 4.69) is 62.4 Å². The van der Waals surface area contributed by atoms with Crippen LogP contribution in [0.15, 0.2) is 48.5 Å². The lowest BCUT2D eigenvalue weighted by atomic mass is 9.99. The highest BCUT2D eigenvalue weighted by Crippen LogP contribution is 2.16. The van der Waals surface area contributed by atoms with Crippen molar-refractivity contribution in [2.75, 3.05) is 13.2 Å². The minimum absolute atomic E-state index is 0.965. The van der Waals surface area contributed by atoms with Gasteiger partial charge in [-0.05, 0) is 73.6 Å². The summed E-state index contributed by atoms with van der Waals surface area (Å²) in [6.45, 7) is 6.46. The maximum Gasteiger partial charge on any atom is 0.0466 e. The number of rotatable bonds is 22. The third kappa shape index (κ3) is 13.9. The van der Waals surface area contributed by atoms with Crippen LogP contribution in [0, 0.1) is 0 Å². The summed E-state index contributed by atoms with van der Waals surface area (Å²) >= 11 is 0. The molecule has 0 aromatic heterocycles. The molecule has 0 aliphatic heterocycles. The Morgan fingerprint density at radius 2 is 0.714 bits per heavy atom. The molecule has 0 heterocycles. The van der Waals surface area contributed by atoms with E-state index in [4.69, 9.17) is 4.74 Å². The topological polar surface area (TPSA) is 9.23 Å². The first-order valence-corrected chi connectivity index (χ1v) is 15.1. The molecular weight excluding hydrogens is 424 g/mol. The fraction of sp³-hybridized carbons (Fsp3) is 0.647. The summed E-state index contributed by atoms with van der Waals surface area (Å²) in [5, 5.41) is 0. The van der Waals surface area contributed by atoms with E-state index in [1.807, 2.05) is 0 Å². The SMILES string of the molecule is CCc1ccccc1CCCCCCCCCOCCCCCCCCCc1ccccc1CC. The molecule has 0 unspecified atom stereocenters. The van der Waals surface area contributed by atoms with Crippen molar-refractivity contribution < 1.29 is 4.74 Å². The molecule has 0 fully saturated rings. The molecule has 0 aliphatic carbocycles. The quantitative estimate of drug-likeness (QED) is 0.153. The largest absolute Gasteiger partial charge is 0.381 e. The van der Waals surface area contributed by atoms with Gasteiger partial charge in [-0.3, -0.25) is 0 Å². The van der Waals surface area contributed by atoms with Crippen LogP contribution >= 0.6 is 0 Å². The summed E-state index contributed by atoms with van der Waals surface area (Å²) in [5.74, 6) is 0. The highest BCUT2D eigenvalue weighted by Gasteiger charge is 2.01. The van der Waals surface area contributed by atoms with Crippen LogP contribution in [0.4, 0.5) is 0 Å². The first kappa shape index (κ1) is 29.6. The van der Waals surface area contributed by atoms with Crippen molar-refractivity contribution >= 4 is 0 Å². The maximum absolute atomic E-state index is 5.87. The highest BCUT2D eigenvalue weighted by atomic mass is 16.5. The second-order valence-corrected chi connectivity index (χ2v) is 10.3. The molecule has 1 nitrogen and oxygen atoms in total. The normalized spacial score (nSPS) is 11.3. The van der Waals surface area contributed by atoms with Crippen LogP contribution < -0.4 is 0 Å². The van der Waals surface area contributed by atoms with Gasteiger partial charge in [0, 0.05) is 13.2 Å². The summed E-state index contributed by atoms with van der Waals surface area (Å²) in [7, 11) is 0. The number of hydrogen-bond acceptors (Lipinski definition) is 1. The molecule has 2 aromatic carbocycles. The molecule has 0 aliphatic rings. The van der Waals surface area contributed by atoms with E-state index in [-0.39, 0.29) is 0 Å². The van der Waals surface area contributed by atoms with E-state index in [1.165, 1.54) is 114 Å². The molecule has 0 N–H and O–H groups in total. The fourth-order valence-electron chi connectivity index (χ4n) is 5.20. The van der Waals surface area contributed by atoms with E-state index in [0.29, 0.717) is 0 Å². The Bertz CT molecular complexity index is 686. The van der Waals surface area contributed by atoms with E-state index in [0.717, 1.165) is 26.1 Å². The second kappa shape index (κ2) is 20.6. The molecule has 2 rings (SSSR count). The number of benzene rings is 2. The Balaban J connectivity index is 1.27. The summed E-state index contributed by atoms with van der Waals surface area (Å²) in [4.78, 5) is 0. The third-order valence-corrected chi connectivity index (χ3v) is 7.47. The molecule has 0 radical (unpaired) electrons. The zero-order chi connectivity index (χ0) is 24.8. The van der Waals surface area contributed by atoms with Gasteiger partial charge in [-0.25, -0.2) is 0 Å². The van der Waals surface area contributed by atoms with Crippen molar-refractivity contribution in [2.24, 2.45) is 0 Å². The number of ether oxygens (including phenoxy) is 1. The zero-order valence-electron chi connectivity index (χ0n) is 23.2. The van der Waals surface area contributed by atoms with Gasteiger partial charge in [0.1, 0.15) is 0 Å². The zero-order valence-corrected chi connectivity index (χ0v) is 23.2. The van der Waals surface area contributed by atoms with Crippen LogP contribution in [0.2, 0.25) is 0 Å². The minimum atomic E-state index is 0.965. The molecule has 2 aromatic rings. The van der Waals surface area contributed by atoms with Gasteiger partial charge in [0.25, 0.3) is 0 Å². The van der Waals surface area contributed by atoms with E-state index >= 15 is 0 Å². The van der Waals surface area contributed by atoms with Crippen molar-refractivity contribution in [2.45, 2.75) is 129 Å². The van der Waals surface area contributed by atoms with Gasteiger partial charge in [0.05, 0.1) is 0 Å². The lowest BCUT2D eigenvalue weighted by Crippen LogP contribution is -1.97. The Kier molecular flexibility index (Phi) is 17.4. The molecule has 0 atom stereocenters. The molecule has 0 amide bonds. The van der Waals surface area contributed by atoms with Gasteiger partial charge >= 0.3 is 0 Å². The van der Waals surface area contributed by atoms with Crippen LogP contribution in [-0.4, -0.2) is 13.2 Å². The van der Waals surface area contributed by atoms with Gasteiger partial charge in [0.2, 0.25) is 0 Å². The average Bonchev–Trinajstić information content (AvgIpc) is 2.90. The predicted octanol–water partition coefficient (Wildman–Crippen LogP) is 10.1. The van der Waals surface area contributed by atoms with Crippen molar-refractivity contribution in [3.05, 3.63) is 70.8 Å². The first-order chi connectivity index (χ1) is 17.3. The van der Waals surface area contributed by atoms with Gasteiger partial charge in [-0.15, -0.1) is 0 Å². The van der Waals surface area contributed by atoms with Crippen molar-refractivity contribution in [1.29, 1.82) is 0 Å². The summed E-state index contributed by atoms with van der Waals surface area (Å²) in [6.07, 6.45) is 23.7. The summed E-state index contributed by atoms with van der Waals surface area (Å²) in [5.41, 5.74) is 6.20. The maximum atomic E-state index is 5.87. The molecule has 35 heavy (non-hydrogen) atoms. The standard InChI is InChI=1S/C34H54O/c1-3-31-23-17-19-27-33(31)25-15-11-7-5-9-13-21-29-35-30-22-14-10-6-8-12-16-26-34-28-20-18-24-32(34)4-2/h17-20,23-24,27-28H,3-16,21-22,25-26,29-30H2,1-2H3. The van der Waals surface area contributed by atoms with Gasteiger partial charge in [-0.2, -0.15) is 0 Å². The summed E-state index contributed by atoms with van der Waals surface area (Å²) < 4.78 is 5.87. The van der Waals surface area contributed by atoms with Crippen LogP contribution in [-0.2, 0) is 30.4 Å². The highest BCUT2D eigenvalue weighted by molar-refractivity contribution is 5.27. The molecule has 0 saturated carbocycles. The Labute approximate surface area is 218 Å². The van der Waals surface area contributed by atoms with Crippen molar-refractivity contribution in [1.82, 2.24) is 0 Å². The number of unbranched alkanes of at least 4 members (excludes halogenated alkanes) is 12. The van der Waals surface area contributed by atoms with Gasteiger partial charge < -0.3 is 4.74 Å². The monoisotopic (exact) mass is 478 g/mol. The molecule has 1 heteroatoms. The molecule has 0 spiro atoms. The van der Waals surface area contributed by atoms with E-state index in [1.54, 1.807) is 11.1 Å². The smallest absolute Gasteiger partial charge is 0.0466 e. The van der Waals surface area contributed by atoms with Gasteiger partial charge in [-0.1, -0.05) is 127 Å². The van der Waals surface area contributed by atoms with Gasteiger partial charge in [0.15, 0.2) is 0 Å². The lowest BCUT2D eigenvalue weighted by Gasteiger charge is -2.08. The molecule has 196 valence electrons. The average molecular weight is 479 g/mol. The van der Waals surface area contributed by atoms with Crippen molar-refractivity contribution in [3.63, 3.8) is 0 Å². The molecule has 0 bridgehead atoms. The Hall–Kier alpha value is -1.60. The minimum Gasteiger partial charge on any atom is -0.381 e. The first-order valence-electron chi connectivity index (χ1n) is 15.1. The number of aryl methyl sites for hydroxylation is 4. The second-order valence-electron chi connectivity index (χ2n) is 10.3. The predicted molar refractivity (Wildman–Crippen MR) is 155 cm³/mol.